The van der Waals surface area contributed by atoms with Crippen LogP contribution >= 0.6 is 15.8 Å². The molecule has 0 radical (unpaired) electrons. The molecule has 0 saturated heterocycles. The molecule has 0 nitrogen and oxygen atoms in total. The molecule has 0 atom stereocenters. The summed E-state index contributed by atoms with van der Waals surface area (Å²) in [5, 5.41) is 19.1. The number of benzene rings is 8. The molecule has 12 aromatic carbocycles. The van der Waals surface area contributed by atoms with E-state index in [2.05, 4.69) is 279 Å². The predicted octanol–water partition coefficient (Wildman–Crippen LogP) is 7.75. The van der Waals surface area contributed by atoms with Gasteiger partial charge in [0.1, 0.15) is 0 Å². The third-order valence-electron chi connectivity index (χ3n) is 10.9. The Morgan fingerprint density at radius 1 is 0.258 bits per heavy atom. The molecule has 0 unspecified atom stereocenters. The van der Waals surface area contributed by atoms with Crippen LogP contribution in [0.25, 0.3) is 43.1 Å². The van der Waals surface area contributed by atoms with Crippen LogP contribution in [0.2, 0.25) is 0 Å². The molecular formula is C60H46F2P2Ti2-2. The normalized spacial score (nSPS) is 10.2. The Labute approximate surface area is 419 Å². The topological polar surface area (TPSA) is 0 Å². The van der Waals surface area contributed by atoms with E-state index in [0.29, 0.717) is 0 Å². The fourth-order valence-corrected chi connectivity index (χ4v) is 12.6. The minimum absolute atomic E-state index is 0. The van der Waals surface area contributed by atoms with Gasteiger partial charge in [-0.3, -0.25) is 0 Å². The second-order valence-corrected chi connectivity index (χ2v) is 19.4. The third kappa shape index (κ3) is 12.8. The molecule has 320 valence electrons. The van der Waals surface area contributed by atoms with Crippen molar-refractivity contribution in [1.29, 1.82) is 0 Å². The maximum absolute atomic E-state index is 2.35. The molecule has 0 amide bonds. The van der Waals surface area contributed by atoms with E-state index in [0.717, 1.165) is 0 Å². The van der Waals surface area contributed by atoms with Crippen LogP contribution in [0.3, 0.4) is 0 Å². The summed E-state index contributed by atoms with van der Waals surface area (Å²) in [4.78, 5) is 0. The zero-order valence-corrected chi connectivity index (χ0v) is 41.1. The molecule has 12 rings (SSSR count). The van der Waals surface area contributed by atoms with Crippen molar-refractivity contribution in [2.75, 3.05) is 0 Å². The van der Waals surface area contributed by atoms with Crippen LogP contribution in [-0.2, 0) is 43.4 Å². The Morgan fingerprint density at radius 2 is 0.515 bits per heavy atom. The zero-order chi connectivity index (χ0) is 41.8. The Morgan fingerprint density at radius 3 is 0.803 bits per heavy atom. The zero-order valence-electron chi connectivity index (χ0n) is 36.2. The Bertz CT molecular complexity index is 2790. The molecule has 0 spiro atoms. The van der Waals surface area contributed by atoms with Gasteiger partial charge in [-0.2, -0.15) is 47.2 Å². The van der Waals surface area contributed by atoms with Crippen LogP contribution in [0.4, 0.5) is 0 Å². The van der Waals surface area contributed by atoms with E-state index in [1.807, 2.05) is 0 Å². The first-order valence-corrected chi connectivity index (χ1v) is 23.8. The SMILES string of the molecule is [F-].[F-].[Ti+2].[Ti+2].c1ccc(P(c2ccccc2)c2cc3ccccc3[cH-]2)cc1.c1ccc(P(c2ccccc2)c2cc3ccccc3[cH-]2)cc1.c1ccc2[cH-]ccc2c1.c1ccc2[cH-]ccc2c1. The van der Waals surface area contributed by atoms with Crippen molar-refractivity contribution in [3.05, 3.63) is 279 Å². The number of rotatable bonds is 6. The molecular weight excluding hydrogens is 916 g/mol. The first kappa shape index (κ1) is 51.3. The van der Waals surface area contributed by atoms with Crippen molar-refractivity contribution < 1.29 is 52.8 Å². The van der Waals surface area contributed by atoms with Gasteiger partial charge in [0.2, 0.25) is 0 Å². The van der Waals surface area contributed by atoms with Gasteiger partial charge in [0.25, 0.3) is 0 Å². The molecule has 12 aromatic rings. The summed E-state index contributed by atoms with van der Waals surface area (Å²) in [7, 11) is -0.986. The summed E-state index contributed by atoms with van der Waals surface area (Å²) in [6.07, 6.45) is 0. The van der Waals surface area contributed by atoms with E-state index >= 15 is 0 Å². The summed E-state index contributed by atoms with van der Waals surface area (Å²) >= 11 is 0. The first-order chi connectivity index (χ1) is 30.8. The van der Waals surface area contributed by atoms with Gasteiger partial charge in [0.15, 0.2) is 0 Å². The van der Waals surface area contributed by atoms with Crippen molar-refractivity contribution in [3.63, 3.8) is 0 Å². The smallest absolute Gasteiger partial charge is 1.00 e. The van der Waals surface area contributed by atoms with Crippen LogP contribution < -0.4 is 41.2 Å². The molecule has 0 aliphatic carbocycles. The molecule has 6 heteroatoms. The van der Waals surface area contributed by atoms with Crippen LogP contribution in [0.5, 0.6) is 0 Å². The predicted molar refractivity (Wildman–Crippen MR) is 276 cm³/mol. The van der Waals surface area contributed by atoms with Crippen molar-refractivity contribution in [2.45, 2.75) is 0 Å². The molecule has 0 N–H and O–H groups in total. The van der Waals surface area contributed by atoms with Gasteiger partial charge in [-0.25, -0.2) is 0 Å². The average Bonchev–Trinajstić information content (AvgIpc) is 4.18. The van der Waals surface area contributed by atoms with Crippen molar-refractivity contribution >= 4 is 90.8 Å². The Balaban J connectivity index is 0.000000174. The summed E-state index contributed by atoms with van der Waals surface area (Å²) in [6, 6.07) is 99.4. The van der Waals surface area contributed by atoms with Gasteiger partial charge in [-0.15, -0.1) is 140 Å². The van der Waals surface area contributed by atoms with Gasteiger partial charge in [0, 0.05) is 0 Å². The molecule has 0 saturated carbocycles. The fourth-order valence-electron chi connectivity index (χ4n) is 7.87. The number of hydrogen-bond acceptors (Lipinski definition) is 0. The third-order valence-corrected chi connectivity index (χ3v) is 15.7. The summed E-state index contributed by atoms with van der Waals surface area (Å²) in [6.45, 7) is 0. The summed E-state index contributed by atoms with van der Waals surface area (Å²) in [5.41, 5.74) is 0. The standard InChI is InChI=1S/2C21H16P.2C9H7.2FH.2Ti/c2*1-3-11-19(12-4-1)22(20-13-5-2-6-14-20)21-15-17-9-7-8-10-18(17)16-21;2*1-2-5-9-7-3-6-8(9)4-1;;;;/h2*1-16H;2*1-7H;2*1H;;/q4*-1;;;2*+2/p-2. The quantitative estimate of drug-likeness (QED) is 0.0910. The van der Waals surface area contributed by atoms with E-state index in [9.17, 15) is 0 Å². The molecule has 0 aliphatic heterocycles. The number of hydrogen-bond donors (Lipinski definition) is 0. The second kappa shape index (κ2) is 25.9. The van der Waals surface area contributed by atoms with Gasteiger partial charge < -0.3 is 9.41 Å². The minimum atomic E-state index is -0.493. The molecule has 66 heavy (non-hydrogen) atoms. The van der Waals surface area contributed by atoms with Crippen LogP contribution in [0.15, 0.2) is 279 Å². The Kier molecular flexibility index (Phi) is 20.1. The Hall–Kier alpha value is -5.65. The van der Waals surface area contributed by atoms with E-state index in [1.54, 1.807) is 0 Å². The van der Waals surface area contributed by atoms with Gasteiger partial charge >= 0.3 is 43.4 Å². The maximum atomic E-state index is 2.35. The fraction of sp³-hybridized carbons (Fsp3) is 0. The average molecular weight is 963 g/mol. The van der Waals surface area contributed by atoms with E-state index in [4.69, 9.17) is 0 Å². The molecule has 0 fully saturated rings. The van der Waals surface area contributed by atoms with Crippen molar-refractivity contribution in [3.8, 4) is 0 Å². The summed E-state index contributed by atoms with van der Waals surface area (Å²) < 4.78 is 0. The van der Waals surface area contributed by atoms with E-state index < -0.39 is 15.8 Å². The maximum Gasteiger partial charge on any atom is 2.00 e. The summed E-state index contributed by atoms with van der Waals surface area (Å²) in [5.74, 6) is 0. The monoisotopic (exact) mass is 962 g/mol. The molecule has 0 heterocycles. The van der Waals surface area contributed by atoms with E-state index in [-0.39, 0.29) is 52.8 Å². The minimum Gasteiger partial charge on any atom is -1.00 e. The van der Waals surface area contributed by atoms with Crippen LogP contribution in [0, 0.1) is 0 Å². The molecule has 0 aliphatic rings. The molecule has 0 aromatic heterocycles. The second-order valence-electron chi connectivity index (χ2n) is 15.0. The van der Waals surface area contributed by atoms with Gasteiger partial charge in [-0.1, -0.05) is 146 Å². The van der Waals surface area contributed by atoms with Crippen molar-refractivity contribution in [2.24, 2.45) is 0 Å². The van der Waals surface area contributed by atoms with E-state index in [1.165, 1.54) is 74.9 Å². The van der Waals surface area contributed by atoms with Crippen molar-refractivity contribution in [1.82, 2.24) is 0 Å². The van der Waals surface area contributed by atoms with Crippen LogP contribution in [-0.4, -0.2) is 0 Å². The van der Waals surface area contributed by atoms with Gasteiger partial charge in [0.05, 0.1) is 0 Å². The number of fused-ring (bicyclic) bond motifs is 4. The molecule has 0 bridgehead atoms. The van der Waals surface area contributed by atoms with Crippen LogP contribution in [0.1, 0.15) is 0 Å². The van der Waals surface area contributed by atoms with Gasteiger partial charge in [-0.05, 0) is 37.1 Å². The first-order valence-electron chi connectivity index (χ1n) is 21.1. The largest absolute Gasteiger partial charge is 2.00 e. The number of halogens is 2.